The molecule has 0 unspecified atom stereocenters. The molecule has 1 rings (SSSR count). The summed E-state index contributed by atoms with van der Waals surface area (Å²) < 4.78 is 4.95. The standard InChI is InChI=1S/C11H12N2O3/c1-13(6-5-12)11(15)9-7-8(16-2)3-4-10(9)14/h3-4,7,14H,6H2,1-2H3. The summed E-state index contributed by atoms with van der Waals surface area (Å²) in [6.45, 7) is -0.0323. The SMILES string of the molecule is COc1ccc(O)c(C(=O)N(C)CC#N)c1. The molecule has 0 fully saturated rings. The van der Waals surface area contributed by atoms with Crippen molar-refractivity contribution in [1.82, 2.24) is 4.90 Å². The molecular weight excluding hydrogens is 208 g/mol. The summed E-state index contributed by atoms with van der Waals surface area (Å²) >= 11 is 0. The van der Waals surface area contributed by atoms with Crippen LogP contribution in [0.3, 0.4) is 0 Å². The van der Waals surface area contributed by atoms with E-state index in [-0.39, 0.29) is 17.9 Å². The Morgan fingerprint density at radius 1 is 1.62 bits per heavy atom. The highest BCUT2D eigenvalue weighted by molar-refractivity contribution is 5.97. The lowest BCUT2D eigenvalue weighted by molar-refractivity contribution is 0.0808. The molecule has 0 aromatic heterocycles. The summed E-state index contributed by atoms with van der Waals surface area (Å²) in [4.78, 5) is 13.0. The van der Waals surface area contributed by atoms with Crippen molar-refractivity contribution in [2.45, 2.75) is 0 Å². The van der Waals surface area contributed by atoms with E-state index in [9.17, 15) is 9.90 Å². The monoisotopic (exact) mass is 220 g/mol. The molecule has 84 valence electrons. The van der Waals surface area contributed by atoms with Gasteiger partial charge in [0.25, 0.3) is 5.91 Å². The molecule has 0 spiro atoms. The predicted octanol–water partition coefficient (Wildman–Crippen LogP) is 0.996. The van der Waals surface area contributed by atoms with Crippen LogP contribution in [0.2, 0.25) is 0 Å². The van der Waals surface area contributed by atoms with E-state index in [1.54, 1.807) is 6.07 Å². The third-order valence-electron chi connectivity index (χ3n) is 2.09. The fraction of sp³-hybridized carbons (Fsp3) is 0.273. The van der Waals surface area contributed by atoms with Crippen LogP contribution < -0.4 is 4.74 Å². The molecule has 1 N–H and O–H groups in total. The molecule has 16 heavy (non-hydrogen) atoms. The normalized spacial score (nSPS) is 9.31. The second-order valence-corrected chi connectivity index (χ2v) is 3.20. The van der Waals surface area contributed by atoms with Crippen molar-refractivity contribution in [2.75, 3.05) is 20.7 Å². The number of methoxy groups -OCH3 is 1. The van der Waals surface area contributed by atoms with Crippen LogP contribution in [0, 0.1) is 11.3 Å². The van der Waals surface area contributed by atoms with Gasteiger partial charge in [0.2, 0.25) is 0 Å². The maximum Gasteiger partial charge on any atom is 0.258 e. The Morgan fingerprint density at radius 3 is 2.88 bits per heavy atom. The van der Waals surface area contributed by atoms with Crippen LogP contribution in [-0.4, -0.2) is 36.6 Å². The molecule has 0 aliphatic rings. The molecule has 0 radical (unpaired) electrons. The molecule has 0 atom stereocenters. The van der Waals surface area contributed by atoms with E-state index < -0.39 is 5.91 Å². The van der Waals surface area contributed by atoms with Gasteiger partial charge in [-0.25, -0.2) is 0 Å². The van der Waals surface area contributed by atoms with Crippen LogP contribution in [0.25, 0.3) is 0 Å². The molecule has 1 aromatic carbocycles. The van der Waals surface area contributed by atoms with Crippen molar-refractivity contribution in [3.8, 4) is 17.6 Å². The van der Waals surface area contributed by atoms with Gasteiger partial charge in [0.1, 0.15) is 18.0 Å². The lowest BCUT2D eigenvalue weighted by Crippen LogP contribution is -2.27. The van der Waals surface area contributed by atoms with E-state index in [2.05, 4.69) is 0 Å². The number of hydrogen-bond acceptors (Lipinski definition) is 4. The van der Waals surface area contributed by atoms with Crippen LogP contribution in [-0.2, 0) is 0 Å². The fourth-order valence-corrected chi connectivity index (χ4v) is 1.20. The Morgan fingerprint density at radius 2 is 2.31 bits per heavy atom. The highest BCUT2D eigenvalue weighted by Gasteiger charge is 2.16. The molecule has 0 heterocycles. The number of nitrogens with zero attached hydrogens (tertiary/aromatic N) is 2. The van der Waals surface area contributed by atoms with Crippen molar-refractivity contribution in [2.24, 2.45) is 0 Å². The van der Waals surface area contributed by atoms with E-state index in [0.29, 0.717) is 5.75 Å². The van der Waals surface area contributed by atoms with Crippen LogP contribution >= 0.6 is 0 Å². The smallest absolute Gasteiger partial charge is 0.258 e. The summed E-state index contributed by atoms with van der Waals surface area (Å²) in [5.74, 6) is -0.0694. The summed E-state index contributed by atoms with van der Waals surface area (Å²) in [6.07, 6.45) is 0. The van der Waals surface area contributed by atoms with Crippen LogP contribution in [0.4, 0.5) is 0 Å². The fourth-order valence-electron chi connectivity index (χ4n) is 1.20. The minimum absolute atomic E-state index is 0.0323. The van der Waals surface area contributed by atoms with Gasteiger partial charge in [-0.1, -0.05) is 0 Å². The zero-order valence-corrected chi connectivity index (χ0v) is 9.10. The van der Waals surface area contributed by atoms with Crippen LogP contribution in [0.1, 0.15) is 10.4 Å². The highest BCUT2D eigenvalue weighted by atomic mass is 16.5. The van der Waals surface area contributed by atoms with Gasteiger partial charge in [0.15, 0.2) is 0 Å². The minimum Gasteiger partial charge on any atom is -0.507 e. The van der Waals surface area contributed by atoms with Gasteiger partial charge in [-0.3, -0.25) is 4.79 Å². The maximum atomic E-state index is 11.8. The number of carbonyl (C=O) groups is 1. The summed E-state index contributed by atoms with van der Waals surface area (Å²) in [7, 11) is 2.96. The summed E-state index contributed by atoms with van der Waals surface area (Å²) in [5.41, 5.74) is 0.122. The molecule has 0 aliphatic heterocycles. The Kier molecular flexibility index (Phi) is 3.72. The molecule has 1 amide bonds. The van der Waals surface area contributed by atoms with E-state index in [0.717, 1.165) is 0 Å². The van der Waals surface area contributed by atoms with Crippen molar-refractivity contribution in [3.05, 3.63) is 23.8 Å². The van der Waals surface area contributed by atoms with Crippen molar-refractivity contribution < 1.29 is 14.6 Å². The van der Waals surface area contributed by atoms with Gasteiger partial charge in [-0.2, -0.15) is 5.26 Å². The molecular formula is C11H12N2O3. The van der Waals surface area contributed by atoms with Gasteiger partial charge in [-0.05, 0) is 18.2 Å². The third kappa shape index (κ3) is 2.42. The quantitative estimate of drug-likeness (QED) is 0.771. The number of phenolic OH excluding ortho intramolecular Hbond substituents is 1. The number of rotatable bonds is 3. The number of amides is 1. The average Bonchev–Trinajstić information content (AvgIpc) is 2.29. The van der Waals surface area contributed by atoms with Gasteiger partial charge < -0.3 is 14.7 Å². The number of hydrogen-bond donors (Lipinski definition) is 1. The Labute approximate surface area is 93.5 Å². The van der Waals surface area contributed by atoms with E-state index in [4.69, 9.17) is 10.00 Å². The topological polar surface area (TPSA) is 73.6 Å². The highest BCUT2D eigenvalue weighted by Crippen LogP contribution is 2.23. The Balaban J connectivity index is 3.03. The molecule has 5 nitrogen and oxygen atoms in total. The number of ether oxygens (including phenoxy) is 1. The molecule has 0 aliphatic carbocycles. The number of aromatic hydroxyl groups is 1. The predicted molar refractivity (Wildman–Crippen MR) is 57.2 cm³/mol. The van der Waals surface area contributed by atoms with Gasteiger partial charge in [0.05, 0.1) is 18.7 Å². The van der Waals surface area contributed by atoms with E-state index >= 15 is 0 Å². The largest absolute Gasteiger partial charge is 0.507 e. The maximum absolute atomic E-state index is 11.8. The number of benzene rings is 1. The number of phenols is 1. The lowest BCUT2D eigenvalue weighted by atomic mass is 10.1. The van der Waals surface area contributed by atoms with Crippen molar-refractivity contribution in [3.63, 3.8) is 0 Å². The van der Waals surface area contributed by atoms with Crippen LogP contribution in [0.15, 0.2) is 18.2 Å². The Hall–Kier alpha value is -2.22. The summed E-state index contributed by atoms with van der Waals surface area (Å²) in [6, 6.07) is 6.23. The zero-order valence-electron chi connectivity index (χ0n) is 9.10. The first-order chi connectivity index (χ1) is 7.60. The lowest BCUT2D eigenvalue weighted by Gasteiger charge is -2.14. The zero-order chi connectivity index (χ0) is 12.1. The second-order valence-electron chi connectivity index (χ2n) is 3.20. The first-order valence-corrected chi connectivity index (χ1v) is 4.59. The molecule has 1 aromatic rings. The van der Waals surface area contributed by atoms with E-state index in [1.165, 1.54) is 31.2 Å². The van der Waals surface area contributed by atoms with Crippen molar-refractivity contribution >= 4 is 5.91 Å². The molecule has 0 bridgehead atoms. The molecule has 0 saturated heterocycles. The van der Waals surface area contributed by atoms with Crippen LogP contribution in [0.5, 0.6) is 11.5 Å². The average molecular weight is 220 g/mol. The van der Waals surface area contributed by atoms with E-state index in [1.807, 2.05) is 6.07 Å². The van der Waals surface area contributed by atoms with Crippen molar-refractivity contribution in [1.29, 1.82) is 5.26 Å². The number of nitriles is 1. The van der Waals surface area contributed by atoms with Gasteiger partial charge in [0, 0.05) is 7.05 Å². The van der Waals surface area contributed by atoms with Gasteiger partial charge in [-0.15, -0.1) is 0 Å². The number of carbonyl (C=O) groups excluding carboxylic acids is 1. The molecule has 0 saturated carbocycles. The first-order valence-electron chi connectivity index (χ1n) is 4.59. The second kappa shape index (κ2) is 5.03. The summed E-state index contributed by atoms with van der Waals surface area (Å²) in [5, 5.41) is 18.0. The first kappa shape index (κ1) is 11.9. The van der Waals surface area contributed by atoms with Gasteiger partial charge >= 0.3 is 0 Å². The Bertz CT molecular complexity index is 437. The minimum atomic E-state index is -0.419. The third-order valence-corrected chi connectivity index (χ3v) is 2.09. The molecule has 5 heteroatoms.